The third-order valence-electron chi connectivity index (χ3n) is 6.37. The highest BCUT2D eigenvalue weighted by Gasteiger charge is 2.55. The first-order valence-electron chi connectivity index (χ1n) is 12.4. The number of nitrogens with one attached hydrogen (secondary N) is 1. The second-order valence-electron chi connectivity index (χ2n) is 9.91. The minimum absolute atomic E-state index is 0.000968. The van der Waals surface area contributed by atoms with E-state index in [2.05, 4.69) is 19.8 Å². The van der Waals surface area contributed by atoms with Gasteiger partial charge in [-0.05, 0) is 13.8 Å². The van der Waals surface area contributed by atoms with Gasteiger partial charge in [0, 0.05) is 34.5 Å². The zero-order chi connectivity index (χ0) is 32.5. The molecule has 20 heteroatoms. The number of aromatic nitrogens is 3. The zero-order valence-electron chi connectivity index (χ0n) is 22.9. The normalized spacial score (nSPS) is 18.3. The van der Waals surface area contributed by atoms with Crippen molar-refractivity contribution < 1.29 is 53.5 Å². The van der Waals surface area contributed by atoms with E-state index in [0.29, 0.717) is 5.57 Å². The highest BCUT2D eigenvalue weighted by atomic mass is 32.2. The fourth-order valence-corrected chi connectivity index (χ4v) is 5.95. The van der Waals surface area contributed by atoms with Crippen molar-refractivity contribution in [2.45, 2.75) is 43.8 Å². The molecule has 0 unspecified atom stereocenters. The summed E-state index contributed by atoms with van der Waals surface area (Å²) in [5.74, 6) is -6.72. The van der Waals surface area contributed by atoms with Crippen molar-refractivity contribution in [3.8, 4) is 0 Å². The number of nitrogens with zero attached hydrogens (tertiary/aromatic N) is 5. The van der Waals surface area contributed by atoms with Crippen molar-refractivity contribution in [1.82, 2.24) is 19.6 Å². The van der Waals surface area contributed by atoms with E-state index < -0.39 is 64.8 Å². The number of carboxylic acid groups (broad SMARTS) is 3. The maximum absolute atomic E-state index is 13.2. The van der Waals surface area contributed by atoms with Gasteiger partial charge in [0.15, 0.2) is 24.1 Å². The van der Waals surface area contributed by atoms with E-state index in [4.69, 9.17) is 16.3 Å². The fraction of sp³-hybridized carbons (Fsp3) is 0.333. The maximum atomic E-state index is 13.2. The lowest BCUT2D eigenvalue weighted by molar-refractivity contribution is -0.689. The number of thioether (sulfide) groups is 1. The van der Waals surface area contributed by atoms with Gasteiger partial charge in [-0.3, -0.25) is 24.1 Å². The highest BCUT2D eigenvalue weighted by molar-refractivity contribution is 8.00. The summed E-state index contributed by atoms with van der Waals surface area (Å²) < 4.78 is 5.37. The molecule has 2 aromatic heterocycles. The molecule has 0 radical (unpaired) electrons. The summed E-state index contributed by atoms with van der Waals surface area (Å²) in [5.41, 5.74) is 8.67. The minimum Gasteiger partial charge on any atom is -0.481 e. The molecule has 4 rings (SSSR count). The number of carbonyl (C=O) groups is 6. The number of aliphatic carboxylic acids is 3. The predicted octanol–water partition coefficient (Wildman–Crippen LogP) is -1.84. The van der Waals surface area contributed by atoms with Crippen LogP contribution in [0, 0.1) is 0 Å². The number of β-lactam (4-membered cyclic amide) rings is 1. The van der Waals surface area contributed by atoms with Gasteiger partial charge in [-0.25, -0.2) is 14.2 Å². The molecule has 232 valence electrons. The van der Waals surface area contributed by atoms with Crippen LogP contribution in [0.15, 0.2) is 34.9 Å². The smallest absolute Gasteiger partial charge is 0.352 e. The highest BCUT2D eigenvalue weighted by Crippen LogP contribution is 2.40. The van der Waals surface area contributed by atoms with Crippen LogP contribution in [0.25, 0.3) is 0 Å². The quantitative estimate of drug-likeness (QED) is 0.0638. The molecule has 3 amide bonds. The van der Waals surface area contributed by atoms with Gasteiger partial charge in [0.1, 0.15) is 17.1 Å². The van der Waals surface area contributed by atoms with Gasteiger partial charge in [0.05, 0.1) is 12.0 Å². The second kappa shape index (κ2) is 12.2. The van der Waals surface area contributed by atoms with E-state index in [-0.39, 0.29) is 40.1 Å². The number of hydrogen-bond donors (Lipinski definition) is 6. The molecule has 8 N–H and O–H groups in total. The average molecular weight is 650 g/mol. The molecule has 0 aromatic carbocycles. The lowest BCUT2D eigenvalue weighted by Crippen LogP contribution is -2.71. The van der Waals surface area contributed by atoms with Crippen LogP contribution >= 0.6 is 23.3 Å². The molecule has 44 heavy (non-hydrogen) atoms. The molecule has 2 aliphatic rings. The number of pyridine rings is 1. The number of nitrogens with two attached hydrogens (primary N) is 2. The van der Waals surface area contributed by atoms with Crippen molar-refractivity contribution in [2.75, 3.05) is 11.5 Å². The topological polar surface area (TPSA) is 282 Å². The summed E-state index contributed by atoms with van der Waals surface area (Å²) in [4.78, 5) is 83.0. The van der Waals surface area contributed by atoms with Crippen molar-refractivity contribution in [2.24, 2.45) is 10.9 Å². The Balaban J connectivity index is 1.57. The molecule has 0 saturated carbocycles. The van der Waals surface area contributed by atoms with Crippen LogP contribution in [0.1, 0.15) is 35.6 Å². The Labute approximate surface area is 255 Å². The fourth-order valence-electron chi connectivity index (χ4n) is 4.18. The predicted molar refractivity (Wildman–Crippen MR) is 150 cm³/mol. The zero-order valence-corrected chi connectivity index (χ0v) is 24.5. The summed E-state index contributed by atoms with van der Waals surface area (Å²) in [5, 5.41) is 33.8. The van der Waals surface area contributed by atoms with E-state index >= 15 is 0 Å². The Morgan fingerprint density at radius 2 is 1.95 bits per heavy atom. The number of carboxylic acids is 3. The number of fused-ring (bicyclic) bond motifs is 1. The Morgan fingerprint density at radius 3 is 2.52 bits per heavy atom. The van der Waals surface area contributed by atoms with Crippen LogP contribution in [0.4, 0.5) is 5.13 Å². The lowest BCUT2D eigenvalue weighted by atomic mass is 10.0. The summed E-state index contributed by atoms with van der Waals surface area (Å²) in [6.07, 6.45) is 2.30. The first-order valence-corrected chi connectivity index (χ1v) is 14.3. The number of rotatable bonds is 12. The van der Waals surface area contributed by atoms with Gasteiger partial charge in [-0.15, -0.1) is 11.8 Å². The molecule has 1 fully saturated rings. The molecule has 2 aliphatic heterocycles. The van der Waals surface area contributed by atoms with Crippen LogP contribution in [0.5, 0.6) is 0 Å². The molecule has 2 atom stereocenters. The number of oxime groups is 1. The van der Waals surface area contributed by atoms with Gasteiger partial charge in [-0.2, -0.15) is 9.36 Å². The molecule has 0 bridgehead atoms. The monoisotopic (exact) mass is 649 g/mol. The van der Waals surface area contributed by atoms with Gasteiger partial charge in [-0.1, -0.05) is 5.16 Å². The molecular formula is C24H25N8O10S2+. The molecule has 0 spiro atoms. The standard InChI is InChI=1S/C24H24N8O10S2/c1-24(2,22(40)41)42-29-13(17-28-23(26)44-30-17)18(36)27-14-19(37)32-15(21(38)39)10(8-43-20(14)32)7-31-4-3-11(16(25)35)9(6-31)5-12(33)34/h3-4,6,14,20H,5,7-8H2,1-2H3,(H7-,25,26,27,28,30,33,34,35,36,38,39,40,41)/p+1/b29-13-/t14-,20+/m1/s1. The Bertz CT molecular complexity index is 1650. The number of carbonyl (C=O) groups excluding carboxylic acids is 3. The van der Waals surface area contributed by atoms with Gasteiger partial charge in [0.25, 0.3) is 11.8 Å². The maximum Gasteiger partial charge on any atom is 0.352 e. The number of amides is 3. The Hall–Kier alpha value is -5.11. The largest absolute Gasteiger partial charge is 0.481 e. The Kier molecular flexibility index (Phi) is 8.86. The van der Waals surface area contributed by atoms with E-state index in [1.165, 1.54) is 36.9 Å². The first kappa shape index (κ1) is 31.8. The Morgan fingerprint density at radius 1 is 1.25 bits per heavy atom. The molecule has 2 aromatic rings. The SMILES string of the molecule is CC(C)(O/N=C(\C(=O)N[C@@H]1C(=O)N2C(C(=O)O)=C(C[n+]3ccc(C(N)=O)c(CC(=O)O)c3)CS[C@@H]12)c1nsc(N)n1)C(=O)O. The van der Waals surface area contributed by atoms with Crippen LogP contribution in [-0.4, -0.2) is 93.7 Å². The molecule has 4 heterocycles. The van der Waals surface area contributed by atoms with E-state index in [1.54, 1.807) is 0 Å². The van der Waals surface area contributed by atoms with Crippen LogP contribution in [-0.2, 0) is 41.8 Å². The van der Waals surface area contributed by atoms with Crippen LogP contribution < -0.4 is 21.4 Å². The lowest BCUT2D eigenvalue weighted by Gasteiger charge is -2.49. The second-order valence-corrected chi connectivity index (χ2v) is 11.8. The van der Waals surface area contributed by atoms with Gasteiger partial charge >= 0.3 is 17.9 Å². The van der Waals surface area contributed by atoms with Crippen molar-refractivity contribution in [1.29, 1.82) is 0 Å². The minimum atomic E-state index is -1.83. The van der Waals surface area contributed by atoms with E-state index in [9.17, 15) is 44.1 Å². The van der Waals surface area contributed by atoms with Crippen LogP contribution in [0.2, 0.25) is 0 Å². The summed E-state index contributed by atoms with van der Waals surface area (Å²) in [7, 11) is 0. The number of hydrogen-bond acceptors (Lipinski definition) is 13. The van der Waals surface area contributed by atoms with Crippen molar-refractivity contribution >= 4 is 69.8 Å². The van der Waals surface area contributed by atoms with Gasteiger partial charge < -0.3 is 36.9 Å². The third kappa shape index (κ3) is 6.44. The average Bonchev–Trinajstić information content (AvgIpc) is 3.36. The summed E-state index contributed by atoms with van der Waals surface area (Å²) >= 11 is 1.90. The van der Waals surface area contributed by atoms with E-state index in [0.717, 1.165) is 28.2 Å². The third-order valence-corrected chi connectivity index (χ3v) is 8.25. The summed E-state index contributed by atoms with van der Waals surface area (Å²) in [6, 6.07) is 0.133. The number of anilines is 1. The molecule has 18 nitrogen and oxygen atoms in total. The number of nitrogen functional groups attached to an aromatic ring is 1. The molecular weight excluding hydrogens is 624 g/mol. The molecule has 1 saturated heterocycles. The first-order chi connectivity index (χ1) is 20.6. The van der Waals surface area contributed by atoms with Crippen LogP contribution in [0.3, 0.4) is 0 Å². The van der Waals surface area contributed by atoms with E-state index in [1.807, 2.05) is 0 Å². The van der Waals surface area contributed by atoms with Gasteiger partial charge in [0.2, 0.25) is 23.0 Å². The summed E-state index contributed by atoms with van der Waals surface area (Å²) in [6.45, 7) is 2.33. The van der Waals surface area contributed by atoms with Crippen molar-refractivity contribution in [3.05, 3.63) is 46.7 Å². The van der Waals surface area contributed by atoms with Crippen molar-refractivity contribution in [3.63, 3.8) is 0 Å². The number of primary amides is 1. The molecule has 0 aliphatic carbocycles.